The van der Waals surface area contributed by atoms with Crippen molar-refractivity contribution in [2.75, 3.05) is 29.0 Å². The number of halogens is 1. The molecular weight excluding hydrogens is 269 g/mol. The van der Waals surface area contributed by atoms with Crippen molar-refractivity contribution in [3.63, 3.8) is 0 Å². The van der Waals surface area contributed by atoms with Crippen LogP contribution in [0.1, 0.15) is 5.56 Å². The summed E-state index contributed by atoms with van der Waals surface area (Å²) in [7, 11) is 0. The molecule has 4 nitrogen and oxygen atoms in total. The van der Waals surface area contributed by atoms with Gasteiger partial charge in [0.1, 0.15) is 5.82 Å². The molecule has 1 aliphatic rings. The van der Waals surface area contributed by atoms with E-state index in [-0.39, 0.29) is 18.1 Å². The average Bonchev–Trinajstić information content (AvgIpc) is 2.85. The van der Waals surface area contributed by atoms with Crippen molar-refractivity contribution in [2.24, 2.45) is 0 Å². The number of anilines is 3. The van der Waals surface area contributed by atoms with E-state index in [0.717, 1.165) is 18.7 Å². The van der Waals surface area contributed by atoms with Crippen molar-refractivity contribution < 1.29 is 9.18 Å². The maximum atomic E-state index is 13.0. The average molecular weight is 285 g/mol. The molecular formula is C16H16FN3O. The molecule has 0 unspecified atom stereocenters. The molecule has 3 rings (SSSR count). The first kappa shape index (κ1) is 13.4. The van der Waals surface area contributed by atoms with Crippen LogP contribution in [0.4, 0.5) is 21.5 Å². The molecule has 0 saturated carbocycles. The summed E-state index contributed by atoms with van der Waals surface area (Å²) in [5.74, 6) is -0.580. The summed E-state index contributed by atoms with van der Waals surface area (Å²) in [6.07, 6.45) is 0.947. The summed E-state index contributed by atoms with van der Waals surface area (Å²) in [6, 6.07) is 12.0. The Labute approximate surface area is 122 Å². The van der Waals surface area contributed by atoms with Gasteiger partial charge in [0.2, 0.25) is 5.91 Å². The number of nitrogen functional groups attached to an aromatic ring is 1. The first-order chi connectivity index (χ1) is 10.1. The zero-order chi connectivity index (χ0) is 14.8. The third-order valence-corrected chi connectivity index (χ3v) is 3.61. The summed E-state index contributed by atoms with van der Waals surface area (Å²) in [6.45, 7) is 1.08. The van der Waals surface area contributed by atoms with E-state index in [4.69, 9.17) is 5.73 Å². The van der Waals surface area contributed by atoms with E-state index in [1.54, 1.807) is 0 Å². The smallest absolute Gasteiger partial charge is 0.243 e. The molecule has 0 fully saturated rings. The number of benzene rings is 2. The zero-order valence-electron chi connectivity index (χ0n) is 11.5. The van der Waals surface area contributed by atoms with Crippen LogP contribution in [0.5, 0.6) is 0 Å². The van der Waals surface area contributed by atoms with Gasteiger partial charge in [-0.05, 0) is 36.2 Å². The van der Waals surface area contributed by atoms with E-state index in [1.807, 2.05) is 23.1 Å². The van der Waals surface area contributed by atoms with Crippen LogP contribution >= 0.6 is 0 Å². The fraction of sp³-hybridized carbons (Fsp3) is 0.188. The fourth-order valence-electron chi connectivity index (χ4n) is 2.58. The Morgan fingerprint density at radius 2 is 2.10 bits per heavy atom. The van der Waals surface area contributed by atoms with Gasteiger partial charge in [0.05, 0.1) is 17.9 Å². The molecule has 1 aliphatic heterocycles. The minimum atomic E-state index is -0.418. The molecule has 3 N–H and O–H groups in total. The van der Waals surface area contributed by atoms with Crippen LogP contribution < -0.4 is 16.0 Å². The predicted molar refractivity (Wildman–Crippen MR) is 81.8 cm³/mol. The van der Waals surface area contributed by atoms with Crippen molar-refractivity contribution in [1.29, 1.82) is 0 Å². The van der Waals surface area contributed by atoms with E-state index in [0.29, 0.717) is 5.69 Å². The number of nitrogens with one attached hydrogen (secondary N) is 1. The van der Waals surface area contributed by atoms with Gasteiger partial charge in [-0.25, -0.2) is 4.39 Å². The van der Waals surface area contributed by atoms with Crippen LogP contribution in [-0.2, 0) is 11.2 Å². The Morgan fingerprint density at radius 1 is 1.29 bits per heavy atom. The molecule has 108 valence electrons. The first-order valence-corrected chi connectivity index (χ1v) is 6.81. The van der Waals surface area contributed by atoms with Crippen LogP contribution in [0.15, 0.2) is 42.5 Å². The fourth-order valence-corrected chi connectivity index (χ4v) is 2.58. The van der Waals surface area contributed by atoms with Gasteiger partial charge in [-0.3, -0.25) is 4.79 Å². The normalized spacial score (nSPS) is 13.1. The predicted octanol–water partition coefficient (Wildman–Crippen LogP) is 2.41. The lowest BCUT2D eigenvalue weighted by molar-refractivity contribution is -0.115. The van der Waals surface area contributed by atoms with Gasteiger partial charge in [-0.1, -0.05) is 18.2 Å². The molecule has 2 aromatic rings. The SMILES string of the molecule is Nc1cc(F)ccc1NC(=O)CN1CCc2ccccc21. The highest BCUT2D eigenvalue weighted by Gasteiger charge is 2.20. The van der Waals surface area contributed by atoms with E-state index in [2.05, 4.69) is 11.4 Å². The Hall–Kier alpha value is -2.56. The first-order valence-electron chi connectivity index (χ1n) is 6.81. The molecule has 5 heteroatoms. The second kappa shape index (κ2) is 5.44. The molecule has 0 spiro atoms. The van der Waals surface area contributed by atoms with Crippen molar-refractivity contribution in [1.82, 2.24) is 0 Å². The molecule has 21 heavy (non-hydrogen) atoms. The van der Waals surface area contributed by atoms with Crippen LogP contribution in [-0.4, -0.2) is 19.0 Å². The number of nitrogens with two attached hydrogens (primary N) is 1. The van der Waals surface area contributed by atoms with Crippen molar-refractivity contribution in [2.45, 2.75) is 6.42 Å². The molecule has 0 radical (unpaired) electrons. The number of carbonyl (C=O) groups excluding carboxylic acids is 1. The summed E-state index contributed by atoms with van der Waals surface area (Å²) in [5, 5.41) is 2.72. The molecule has 0 bridgehead atoms. The Bertz CT molecular complexity index is 687. The molecule has 0 saturated heterocycles. The number of rotatable bonds is 3. The van der Waals surface area contributed by atoms with Gasteiger partial charge in [0.15, 0.2) is 0 Å². The lowest BCUT2D eigenvalue weighted by Crippen LogP contribution is -2.32. The van der Waals surface area contributed by atoms with E-state index < -0.39 is 5.82 Å². The third-order valence-electron chi connectivity index (χ3n) is 3.61. The number of nitrogens with zero attached hydrogens (tertiary/aromatic N) is 1. The summed E-state index contributed by atoms with van der Waals surface area (Å²) in [5.41, 5.74) is 8.70. The Morgan fingerprint density at radius 3 is 2.90 bits per heavy atom. The maximum absolute atomic E-state index is 13.0. The summed E-state index contributed by atoms with van der Waals surface area (Å²) < 4.78 is 13.0. The van der Waals surface area contributed by atoms with E-state index in [9.17, 15) is 9.18 Å². The molecule has 1 amide bonds. The van der Waals surface area contributed by atoms with Gasteiger partial charge in [-0.15, -0.1) is 0 Å². The van der Waals surface area contributed by atoms with Gasteiger partial charge in [0, 0.05) is 12.2 Å². The maximum Gasteiger partial charge on any atom is 0.243 e. The molecule has 2 aromatic carbocycles. The summed E-state index contributed by atoms with van der Waals surface area (Å²) >= 11 is 0. The number of fused-ring (bicyclic) bond motifs is 1. The Balaban J connectivity index is 1.68. The van der Waals surface area contributed by atoms with Gasteiger partial charge in [-0.2, -0.15) is 0 Å². The topological polar surface area (TPSA) is 58.4 Å². The van der Waals surface area contributed by atoms with Gasteiger partial charge < -0.3 is 16.0 Å². The van der Waals surface area contributed by atoms with E-state index in [1.165, 1.54) is 23.8 Å². The zero-order valence-corrected chi connectivity index (χ0v) is 11.5. The minimum absolute atomic E-state index is 0.162. The largest absolute Gasteiger partial charge is 0.397 e. The van der Waals surface area contributed by atoms with Gasteiger partial charge >= 0.3 is 0 Å². The number of hydrogen-bond donors (Lipinski definition) is 2. The lowest BCUT2D eigenvalue weighted by atomic mass is 10.2. The summed E-state index contributed by atoms with van der Waals surface area (Å²) in [4.78, 5) is 14.1. The number of hydrogen-bond acceptors (Lipinski definition) is 3. The number of para-hydroxylation sites is 1. The Kier molecular flexibility index (Phi) is 3.48. The van der Waals surface area contributed by atoms with Crippen LogP contribution in [0, 0.1) is 5.82 Å². The molecule has 0 atom stereocenters. The second-order valence-electron chi connectivity index (χ2n) is 5.08. The minimum Gasteiger partial charge on any atom is -0.397 e. The van der Waals surface area contributed by atoms with Crippen molar-refractivity contribution in [3.05, 3.63) is 53.8 Å². The van der Waals surface area contributed by atoms with E-state index >= 15 is 0 Å². The highest BCUT2D eigenvalue weighted by atomic mass is 19.1. The standard InChI is InChI=1S/C16H16FN3O/c17-12-5-6-14(13(18)9-12)19-16(21)10-20-8-7-11-3-1-2-4-15(11)20/h1-6,9H,7-8,10,18H2,(H,19,21). The van der Waals surface area contributed by atoms with Crippen LogP contribution in [0.2, 0.25) is 0 Å². The number of carbonyl (C=O) groups is 1. The number of amides is 1. The van der Waals surface area contributed by atoms with Crippen LogP contribution in [0.3, 0.4) is 0 Å². The third kappa shape index (κ3) is 2.81. The highest BCUT2D eigenvalue weighted by molar-refractivity contribution is 5.96. The molecule has 0 aromatic heterocycles. The highest BCUT2D eigenvalue weighted by Crippen LogP contribution is 2.27. The van der Waals surface area contributed by atoms with Crippen molar-refractivity contribution in [3.8, 4) is 0 Å². The monoisotopic (exact) mass is 285 g/mol. The second-order valence-corrected chi connectivity index (χ2v) is 5.08. The van der Waals surface area contributed by atoms with Gasteiger partial charge in [0.25, 0.3) is 0 Å². The van der Waals surface area contributed by atoms with Crippen LogP contribution in [0.25, 0.3) is 0 Å². The molecule has 1 heterocycles. The quantitative estimate of drug-likeness (QED) is 0.851. The molecule has 0 aliphatic carbocycles. The lowest BCUT2D eigenvalue weighted by Gasteiger charge is -2.19. The van der Waals surface area contributed by atoms with Crippen molar-refractivity contribution >= 4 is 23.0 Å².